The summed E-state index contributed by atoms with van der Waals surface area (Å²) >= 11 is 0. The minimum atomic E-state index is -0.944. The standard InChI is InChI=1S/C12H16N2O3/c1-3-14-11(13-2)8-17-10-6-4-9(5-7-10)12(15)16/h4-7H,3,8H2,1-2H3,(H,13,14)(H,15,16). The molecule has 0 aliphatic heterocycles. The van der Waals surface area contributed by atoms with Gasteiger partial charge in [-0.05, 0) is 31.2 Å². The average Bonchev–Trinajstić information content (AvgIpc) is 2.35. The lowest BCUT2D eigenvalue weighted by Gasteiger charge is -2.09. The number of carboxylic acids is 1. The van der Waals surface area contributed by atoms with Gasteiger partial charge in [0.15, 0.2) is 0 Å². The zero-order valence-corrected chi connectivity index (χ0v) is 9.93. The van der Waals surface area contributed by atoms with Crippen LogP contribution in [0.2, 0.25) is 0 Å². The van der Waals surface area contributed by atoms with E-state index in [-0.39, 0.29) is 5.56 Å². The van der Waals surface area contributed by atoms with E-state index in [0.29, 0.717) is 12.4 Å². The predicted molar refractivity (Wildman–Crippen MR) is 65.9 cm³/mol. The fourth-order valence-corrected chi connectivity index (χ4v) is 1.24. The van der Waals surface area contributed by atoms with E-state index in [1.807, 2.05) is 6.92 Å². The van der Waals surface area contributed by atoms with Crippen molar-refractivity contribution in [2.45, 2.75) is 6.92 Å². The van der Waals surface area contributed by atoms with Crippen LogP contribution in [-0.4, -0.2) is 37.1 Å². The molecular weight excluding hydrogens is 220 g/mol. The number of hydrogen-bond acceptors (Lipinski definition) is 3. The lowest BCUT2D eigenvalue weighted by Crippen LogP contribution is -2.28. The summed E-state index contributed by atoms with van der Waals surface area (Å²) in [6.45, 7) is 3.11. The highest BCUT2D eigenvalue weighted by Crippen LogP contribution is 2.11. The van der Waals surface area contributed by atoms with E-state index in [2.05, 4.69) is 10.3 Å². The van der Waals surface area contributed by atoms with E-state index in [4.69, 9.17) is 9.84 Å². The summed E-state index contributed by atoms with van der Waals surface area (Å²) in [5.74, 6) is 0.434. The van der Waals surface area contributed by atoms with Crippen molar-refractivity contribution >= 4 is 11.8 Å². The molecule has 1 rings (SSSR count). The van der Waals surface area contributed by atoms with Crippen LogP contribution < -0.4 is 10.1 Å². The maximum atomic E-state index is 10.6. The Morgan fingerprint density at radius 1 is 1.41 bits per heavy atom. The van der Waals surface area contributed by atoms with Crippen molar-refractivity contribution < 1.29 is 14.6 Å². The van der Waals surface area contributed by atoms with Gasteiger partial charge in [-0.25, -0.2) is 4.79 Å². The van der Waals surface area contributed by atoms with Crippen molar-refractivity contribution in [2.24, 2.45) is 4.99 Å². The largest absolute Gasteiger partial charge is 0.486 e. The number of nitrogens with one attached hydrogen (secondary N) is 1. The second-order valence-electron chi connectivity index (χ2n) is 3.32. The Kier molecular flexibility index (Phi) is 5.00. The first-order valence-corrected chi connectivity index (χ1v) is 5.33. The Labute approximate surface area is 100 Å². The molecule has 0 spiro atoms. The summed E-state index contributed by atoms with van der Waals surface area (Å²) in [7, 11) is 1.69. The molecule has 0 aliphatic rings. The predicted octanol–water partition coefficient (Wildman–Crippen LogP) is 1.40. The minimum absolute atomic E-state index is 0.244. The van der Waals surface area contributed by atoms with Gasteiger partial charge in [0.25, 0.3) is 0 Å². The number of benzene rings is 1. The molecule has 0 fully saturated rings. The van der Waals surface area contributed by atoms with Crippen LogP contribution in [0.4, 0.5) is 0 Å². The first-order chi connectivity index (χ1) is 8.17. The highest BCUT2D eigenvalue weighted by molar-refractivity contribution is 5.87. The zero-order chi connectivity index (χ0) is 12.7. The second-order valence-corrected chi connectivity index (χ2v) is 3.32. The van der Waals surface area contributed by atoms with Crippen LogP contribution in [0.3, 0.4) is 0 Å². The second kappa shape index (κ2) is 6.52. The van der Waals surface area contributed by atoms with Gasteiger partial charge >= 0.3 is 5.97 Å². The molecule has 0 heterocycles. The molecule has 0 bridgehead atoms. The molecule has 92 valence electrons. The van der Waals surface area contributed by atoms with Crippen molar-refractivity contribution in [3.63, 3.8) is 0 Å². The molecule has 1 aromatic carbocycles. The van der Waals surface area contributed by atoms with Gasteiger partial charge in [-0.15, -0.1) is 0 Å². The lowest BCUT2D eigenvalue weighted by molar-refractivity contribution is 0.0697. The van der Waals surface area contributed by atoms with E-state index in [1.165, 1.54) is 12.1 Å². The molecule has 0 atom stereocenters. The molecule has 1 aromatic rings. The number of amidine groups is 1. The van der Waals surface area contributed by atoms with E-state index in [9.17, 15) is 4.79 Å². The Hall–Kier alpha value is -2.04. The van der Waals surface area contributed by atoms with Crippen molar-refractivity contribution in [3.8, 4) is 5.75 Å². The molecule has 0 saturated carbocycles. The maximum absolute atomic E-state index is 10.6. The molecule has 5 nitrogen and oxygen atoms in total. The third-order valence-electron chi connectivity index (χ3n) is 2.13. The van der Waals surface area contributed by atoms with Crippen molar-refractivity contribution in [2.75, 3.05) is 20.2 Å². The number of rotatable bonds is 5. The van der Waals surface area contributed by atoms with Gasteiger partial charge < -0.3 is 15.2 Å². The maximum Gasteiger partial charge on any atom is 0.335 e. The molecule has 5 heteroatoms. The topological polar surface area (TPSA) is 70.9 Å². The number of aliphatic imine (C=N–C) groups is 1. The number of nitrogens with zero attached hydrogens (tertiary/aromatic N) is 1. The van der Waals surface area contributed by atoms with Crippen LogP contribution >= 0.6 is 0 Å². The van der Waals surface area contributed by atoms with Crippen molar-refractivity contribution in [3.05, 3.63) is 29.8 Å². The Morgan fingerprint density at radius 3 is 2.53 bits per heavy atom. The third-order valence-corrected chi connectivity index (χ3v) is 2.13. The van der Waals surface area contributed by atoms with Crippen molar-refractivity contribution in [1.29, 1.82) is 0 Å². The summed E-state index contributed by atoms with van der Waals surface area (Å²) < 4.78 is 5.46. The highest BCUT2D eigenvalue weighted by Gasteiger charge is 2.03. The van der Waals surface area contributed by atoms with E-state index in [0.717, 1.165) is 12.4 Å². The van der Waals surface area contributed by atoms with Crippen LogP contribution in [0, 0.1) is 0 Å². The first kappa shape index (κ1) is 13.0. The zero-order valence-electron chi connectivity index (χ0n) is 9.93. The number of hydrogen-bond donors (Lipinski definition) is 2. The van der Waals surface area contributed by atoms with Gasteiger partial charge in [-0.1, -0.05) is 0 Å². The summed E-state index contributed by atoms with van der Waals surface area (Å²) in [6, 6.07) is 6.27. The smallest absolute Gasteiger partial charge is 0.335 e. The Balaban J connectivity index is 2.55. The molecule has 0 aromatic heterocycles. The minimum Gasteiger partial charge on any atom is -0.486 e. The Morgan fingerprint density at radius 2 is 2.06 bits per heavy atom. The summed E-state index contributed by atoms with van der Waals surface area (Å²) in [4.78, 5) is 14.7. The number of ether oxygens (including phenoxy) is 1. The molecule has 0 amide bonds. The molecule has 0 unspecified atom stereocenters. The van der Waals surface area contributed by atoms with Gasteiger partial charge in [0.2, 0.25) is 0 Å². The number of aromatic carboxylic acids is 1. The monoisotopic (exact) mass is 236 g/mol. The molecule has 0 aliphatic carbocycles. The number of likely N-dealkylation sites (N-methyl/N-ethyl adjacent to an activating group) is 1. The van der Waals surface area contributed by atoms with E-state index in [1.54, 1.807) is 19.2 Å². The highest BCUT2D eigenvalue weighted by atomic mass is 16.5. The fourth-order valence-electron chi connectivity index (χ4n) is 1.24. The molecule has 2 N–H and O–H groups in total. The van der Waals surface area contributed by atoms with Crippen molar-refractivity contribution in [1.82, 2.24) is 5.32 Å². The fraction of sp³-hybridized carbons (Fsp3) is 0.333. The lowest BCUT2D eigenvalue weighted by atomic mass is 10.2. The van der Waals surface area contributed by atoms with E-state index < -0.39 is 5.97 Å². The van der Waals surface area contributed by atoms with Gasteiger partial charge in [0.1, 0.15) is 18.2 Å². The van der Waals surface area contributed by atoms with Gasteiger partial charge in [-0.3, -0.25) is 4.99 Å². The Bertz CT molecular complexity index is 399. The molecule has 17 heavy (non-hydrogen) atoms. The van der Waals surface area contributed by atoms with Crippen LogP contribution in [0.25, 0.3) is 0 Å². The van der Waals surface area contributed by atoms with Gasteiger partial charge in [-0.2, -0.15) is 0 Å². The summed E-state index contributed by atoms with van der Waals surface area (Å²) in [6.07, 6.45) is 0. The summed E-state index contributed by atoms with van der Waals surface area (Å²) in [5, 5.41) is 11.8. The van der Waals surface area contributed by atoms with Crippen LogP contribution in [0.15, 0.2) is 29.3 Å². The van der Waals surface area contributed by atoms with E-state index >= 15 is 0 Å². The SMILES string of the molecule is CCNC(COc1ccc(C(=O)O)cc1)=NC. The first-order valence-electron chi connectivity index (χ1n) is 5.33. The normalized spacial score (nSPS) is 11.1. The molecule has 0 saturated heterocycles. The quantitative estimate of drug-likeness (QED) is 0.599. The van der Waals surface area contributed by atoms with Gasteiger partial charge in [0.05, 0.1) is 5.56 Å². The van der Waals surface area contributed by atoms with Gasteiger partial charge in [0, 0.05) is 13.6 Å². The third kappa shape index (κ3) is 4.14. The van der Waals surface area contributed by atoms with Crippen LogP contribution in [0.5, 0.6) is 5.75 Å². The average molecular weight is 236 g/mol. The number of carboxylic acid groups (broad SMARTS) is 1. The molecular formula is C12H16N2O3. The summed E-state index contributed by atoms with van der Waals surface area (Å²) in [5.41, 5.74) is 0.244. The van der Waals surface area contributed by atoms with Crippen LogP contribution in [-0.2, 0) is 0 Å². The van der Waals surface area contributed by atoms with Crippen LogP contribution in [0.1, 0.15) is 17.3 Å². The number of carbonyl (C=O) groups is 1. The molecule has 0 radical (unpaired) electrons.